The van der Waals surface area contributed by atoms with E-state index in [2.05, 4.69) is 15.5 Å². The molecule has 0 aliphatic carbocycles. The van der Waals surface area contributed by atoms with Gasteiger partial charge < -0.3 is 10.1 Å². The van der Waals surface area contributed by atoms with Crippen LogP contribution in [-0.4, -0.2) is 38.0 Å². The number of nitrogens with zero attached hydrogens (tertiary/aromatic N) is 4. The number of para-hydroxylation sites is 1. The molecule has 0 atom stereocenters. The SMILES string of the molecule is CCOC(=O)c1ccc(NC(=O)CCn2nc(C)c3c(C)n(-c4ccccc4)nc3c2=O)cc1. The van der Waals surface area contributed by atoms with E-state index < -0.39 is 5.97 Å². The molecule has 0 saturated heterocycles. The summed E-state index contributed by atoms with van der Waals surface area (Å²) in [6, 6.07) is 16.0. The third kappa shape index (κ3) is 4.59. The topological polar surface area (TPSA) is 108 Å². The van der Waals surface area contributed by atoms with Crippen LogP contribution in [0.3, 0.4) is 0 Å². The number of esters is 1. The van der Waals surface area contributed by atoms with Crippen molar-refractivity contribution >= 4 is 28.5 Å². The summed E-state index contributed by atoms with van der Waals surface area (Å²) in [5.41, 5.74) is 3.29. The van der Waals surface area contributed by atoms with Crippen molar-refractivity contribution in [2.75, 3.05) is 11.9 Å². The van der Waals surface area contributed by atoms with Gasteiger partial charge in [0, 0.05) is 12.1 Å². The van der Waals surface area contributed by atoms with Crippen molar-refractivity contribution in [3.8, 4) is 5.69 Å². The summed E-state index contributed by atoms with van der Waals surface area (Å²) in [5.74, 6) is -0.692. The monoisotopic (exact) mass is 459 g/mol. The molecule has 2 aromatic carbocycles. The van der Waals surface area contributed by atoms with E-state index >= 15 is 0 Å². The van der Waals surface area contributed by atoms with Crippen molar-refractivity contribution < 1.29 is 14.3 Å². The number of anilines is 1. The molecule has 0 aliphatic rings. The zero-order valence-electron chi connectivity index (χ0n) is 19.2. The minimum absolute atomic E-state index is 0.0514. The lowest BCUT2D eigenvalue weighted by atomic mass is 10.2. The van der Waals surface area contributed by atoms with Crippen LogP contribution < -0.4 is 10.9 Å². The van der Waals surface area contributed by atoms with Gasteiger partial charge in [0.25, 0.3) is 5.56 Å². The molecule has 9 heteroatoms. The summed E-state index contributed by atoms with van der Waals surface area (Å²) in [7, 11) is 0. The molecule has 174 valence electrons. The van der Waals surface area contributed by atoms with E-state index in [1.165, 1.54) is 4.68 Å². The van der Waals surface area contributed by atoms with Gasteiger partial charge in [0.2, 0.25) is 5.91 Å². The van der Waals surface area contributed by atoms with Crippen LogP contribution in [0.2, 0.25) is 0 Å². The van der Waals surface area contributed by atoms with Crippen LogP contribution in [0.1, 0.15) is 35.1 Å². The lowest BCUT2D eigenvalue weighted by Gasteiger charge is -2.08. The number of aromatic nitrogens is 4. The van der Waals surface area contributed by atoms with E-state index in [0.29, 0.717) is 29.1 Å². The minimum Gasteiger partial charge on any atom is -0.462 e. The molecule has 1 N–H and O–H groups in total. The standard InChI is InChI=1S/C25H25N5O4/c1-4-34-25(33)18-10-12-19(13-11-18)26-21(31)14-15-29-24(32)23-22(16(2)27-29)17(3)30(28-23)20-8-6-5-7-9-20/h5-13H,4,14-15H2,1-3H3,(H,26,31). The van der Waals surface area contributed by atoms with Gasteiger partial charge in [-0.15, -0.1) is 0 Å². The Morgan fingerprint density at radius 3 is 2.38 bits per heavy atom. The Morgan fingerprint density at radius 1 is 1.00 bits per heavy atom. The van der Waals surface area contributed by atoms with Crippen LogP contribution >= 0.6 is 0 Å². The Hall–Kier alpha value is -4.27. The van der Waals surface area contributed by atoms with Gasteiger partial charge in [-0.2, -0.15) is 10.2 Å². The third-order valence-electron chi connectivity index (χ3n) is 5.42. The molecular weight excluding hydrogens is 434 g/mol. The molecule has 9 nitrogen and oxygen atoms in total. The molecule has 1 amide bonds. The number of nitrogens with one attached hydrogen (secondary N) is 1. The first-order chi connectivity index (χ1) is 16.4. The number of ether oxygens (including phenoxy) is 1. The largest absolute Gasteiger partial charge is 0.462 e. The second-order valence-electron chi connectivity index (χ2n) is 7.77. The highest BCUT2D eigenvalue weighted by molar-refractivity contribution is 5.93. The smallest absolute Gasteiger partial charge is 0.338 e. The third-order valence-corrected chi connectivity index (χ3v) is 5.42. The summed E-state index contributed by atoms with van der Waals surface area (Å²) in [4.78, 5) is 37.2. The summed E-state index contributed by atoms with van der Waals surface area (Å²) in [6.45, 7) is 5.87. The minimum atomic E-state index is -0.415. The maximum Gasteiger partial charge on any atom is 0.338 e. The number of hydrogen-bond acceptors (Lipinski definition) is 6. The lowest BCUT2D eigenvalue weighted by molar-refractivity contribution is -0.116. The van der Waals surface area contributed by atoms with Crippen LogP contribution in [0.15, 0.2) is 59.4 Å². The van der Waals surface area contributed by atoms with E-state index in [4.69, 9.17) is 4.74 Å². The van der Waals surface area contributed by atoms with Gasteiger partial charge in [-0.25, -0.2) is 14.2 Å². The number of rotatable bonds is 7. The van der Waals surface area contributed by atoms with Gasteiger partial charge in [-0.3, -0.25) is 9.59 Å². The molecule has 4 rings (SSSR count). The predicted octanol–water partition coefficient (Wildman–Crippen LogP) is 3.40. The maximum absolute atomic E-state index is 13.1. The molecule has 4 aromatic rings. The zero-order chi connectivity index (χ0) is 24.2. The summed E-state index contributed by atoms with van der Waals surface area (Å²) in [5, 5.41) is 12.4. The van der Waals surface area contributed by atoms with Gasteiger partial charge >= 0.3 is 5.97 Å². The Bertz CT molecular complexity index is 1410. The summed E-state index contributed by atoms with van der Waals surface area (Å²) in [6.07, 6.45) is 0.0514. The molecular formula is C25H25N5O4. The van der Waals surface area contributed by atoms with Gasteiger partial charge in [-0.1, -0.05) is 18.2 Å². The number of carbonyl (C=O) groups excluding carboxylic acids is 2. The highest BCUT2D eigenvalue weighted by Crippen LogP contribution is 2.21. The van der Waals surface area contributed by atoms with E-state index in [1.807, 2.05) is 44.2 Å². The average molecular weight is 460 g/mol. The first kappa shape index (κ1) is 22.9. The summed E-state index contributed by atoms with van der Waals surface area (Å²) >= 11 is 0. The average Bonchev–Trinajstić information content (AvgIpc) is 3.19. The van der Waals surface area contributed by atoms with Crippen molar-refractivity contribution in [1.82, 2.24) is 19.6 Å². The van der Waals surface area contributed by atoms with Crippen molar-refractivity contribution in [2.24, 2.45) is 0 Å². The highest BCUT2D eigenvalue weighted by atomic mass is 16.5. The van der Waals surface area contributed by atoms with Crippen molar-refractivity contribution in [3.63, 3.8) is 0 Å². The van der Waals surface area contributed by atoms with Gasteiger partial charge in [-0.05, 0) is 57.2 Å². The fourth-order valence-electron chi connectivity index (χ4n) is 3.79. The molecule has 0 radical (unpaired) electrons. The molecule has 2 aromatic heterocycles. The Morgan fingerprint density at radius 2 is 1.71 bits per heavy atom. The number of benzene rings is 2. The number of hydrogen-bond donors (Lipinski definition) is 1. The molecule has 0 saturated carbocycles. The fourth-order valence-corrected chi connectivity index (χ4v) is 3.79. The Balaban J connectivity index is 1.49. The number of amides is 1. The van der Waals surface area contributed by atoms with Crippen LogP contribution in [0, 0.1) is 13.8 Å². The van der Waals surface area contributed by atoms with Crippen LogP contribution in [-0.2, 0) is 16.1 Å². The van der Waals surface area contributed by atoms with E-state index in [0.717, 1.165) is 16.8 Å². The molecule has 0 bridgehead atoms. The molecule has 0 fully saturated rings. The second kappa shape index (κ2) is 9.70. The highest BCUT2D eigenvalue weighted by Gasteiger charge is 2.18. The number of aryl methyl sites for hydroxylation is 3. The number of carbonyl (C=O) groups is 2. The lowest BCUT2D eigenvalue weighted by Crippen LogP contribution is -2.26. The molecule has 0 aliphatic heterocycles. The predicted molar refractivity (Wildman–Crippen MR) is 128 cm³/mol. The second-order valence-corrected chi connectivity index (χ2v) is 7.77. The first-order valence-electron chi connectivity index (χ1n) is 11.0. The van der Waals surface area contributed by atoms with Gasteiger partial charge in [0.15, 0.2) is 5.52 Å². The Labute approximate surface area is 196 Å². The van der Waals surface area contributed by atoms with E-state index in [-0.39, 0.29) is 24.4 Å². The summed E-state index contributed by atoms with van der Waals surface area (Å²) < 4.78 is 7.96. The van der Waals surface area contributed by atoms with E-state index in [1.54, 1.807) is 35.9 Å². The quantitative estimate of drug-likeness (QED) is 0.425. The van der Waals surface area contributed by atoms with Crippen molar-refractivity contribution in [2.45, 2.75) is 33.7 Å². The van der Waals surface area contributed by atoms with Gasteiger partial charge in [0.1, 0.15) is 0 Å². The molecule has 0 unspecified atom stereocenters. The molecule has 0 spiro atoms. The van der Waals surface area contributed by atoms with Gasteiger partial charge in [0.05, 0.1) is 41.2 Å². The maximum atomic E-state index is 13.1. The van der Waals surface area contributed by atoms with Crippen LogP contribution in [0.25, 0.3) is 16.6 Å². The van der Waals surface area contributed by atoms with E-state index in [9.17, 15) is 14.4 Å². The van der Waals surface area contributed by atoms with Crippen LogP contribution in [0.5, 0.6) is 0 Å². The number of fused-ring (bicyclic) bond motifs is 1. The van der Waals surface area contributed by atoms with Crippen molar-refractivity contribution in [1.29, 1.82) is 0 Å². The molecule has 34 heavy (non-hydrogen) atoms. The van der Waals surface area contributed by atoms with Crippen molar-refractivity contribution in [3.05, 3.63) is 81.9 Å². The first-order valence-corrected chi connectivity index (χ1v) is 11.0. The Kier molecular flexibility index (Phi) is 6.53. The fraction of sp³-hybridized carbons (Fsp3) is 0.240. The molecule has 2 heterocycles. The van der Waals surface area contributed by atoms with Crippen LogP contribution in [0.4, 0.5) is 5.69 Å². The normalized spacial score (nSPS) is 10.9. The zero-order valence-corrected chi connectivity index (χ0v) is 19.2.